The molecule has 2 heterocycles. The molecular formula is C15H16O5. The van der Waals surface area contributed by atoms with Crippen molar-refractivity contribution in [2.75, 3.05) is 7.11 Å². The minimum Gasteiger partial charge on any atom is -0.496 e. The predicted octanol–water partition coefficient (Wildman–Crippen LogP) is 2.01. The molecule has 106 valence electrons. The van der Waals surface area contributed by atoms with Crippen LogP contribution in [0.1, 0.15) is 25.5 Å². The van der Waals surface area contributed by atoms with Crippen molar-refractivity contribution < 1.29 is 19.0 Å². The van der Waals surface area contributed by atoms with Crippen molar-refractivity contribution in [2.24, 2.45) is 0 Å². The summed E-state index contributed by atoms with van der Waals surface area (Å²) in [4.78, 5) is 11.5. The number of hydrogen-bond donors (Lipinski definition) is 1. The molecule has 0 bridgehead atoms. The summed E-state index contributed by atoms with van der Waals surface area (Å²) in [6, 6.07) is 6.54. The molecule has 1 aliphatic heterocycles. The molecule has 2 aromatic rings. The maximum Gasteiger partial charge on any atom is 0.336 e. The number of hydrogen-bond acceptors (Lipinski definition) is 5. The first-order valence-corrected chi connectivity index (χ1v) is 6.40. The van der Waals surface area contributed by atoms with Crippen LogP contribution in [0, 0.1) is 0 Å². The smallest absolute Gasteiger partial charge is 0.336 e. The van der Waals surface area contributed by atoms with Crippen molar-refractivity contribution in [1.82, 2.24) is 0 Å². The third-order valence-corrected chi connectivity index (χ3v) is 3.65. The molecule has 1 aromatic heterocycles. The van der Waals surface area contributed by atoms with Gasteiger partial charge < -0.3 is 19.0 Å². The SMILES string of the molecule is COc1ccc2ccc(=O)oc2c1C(O)C1OC1(C)C. The average Bonchev–Trinajstić information content (AvgIpc) is 3.05. The molecule has 0 amide bonds. The second-order valence-electron chi connectivity index (χ2n) is 5.44. The van der Waals surface area contributed by atoms with Gasteiger partial charge in [-0.25, -0.2) is 4.79 Å². The zero-order valence-corrected chi connectivity index (χ0v) is 11.5. The van der Waals surface area contributed by atoms with E-state index in [2.05, 4.69) is 0 Å². The minimum absolute atomic E-state index is 0.340. The van der Waals surface area contributed by atoms with E-state index >= 15 is 0 Å². The summed E-state index contributed by atoms with van der Waals surface area (Å²) in [7, 11) is 1.51. The van der Waals surface area contributed by atoms with Gasteiger partial charge in [0.2, 0.25) is 0 Å². The van der Waals surface area contributed by atoms with Gasteiger partial charge in [0.05, 0.1) is 18.3 Å². The Morgan fingerprint density at radius 1 is 1.30 bits per heavy atom. The number of epoxide rings is 1. The van der Waals surface area contributed by atoms with Crippen LogP contribution in [-0.2, 0) is 4.74 Å². The molecule has 1 saturated heterocycles. The van der Waals surface area contributed by atoms with Gasteiger partial charge in [-0.1, -0.05) is 0 Å². The predicted molar refractivity (Wildman–Crippen MR) is 72.9 cm³/mol. The van der Waals surface area contributed by atoms with E-state index < -0.39 is 11.7 Å². The third kappa shape index (κ3) is 1.99. The lowest BCUT2D eigenvalue weighted by molar-refractivity contribution is 0.133. The molecule has 5 heteroatoms. The zero-order chi connectivity index (χ0) is 14.5. The van der Waals surface area contributed by atoms with Crippen LogP contribution in [0.3, 0.4) is 0 Å². The van der Waals surface area contributed by atoms with E-state index in [1.165, 1.54) is 13.2 Å². The summed E-state index contributed by atoms with van der Waals surface area (Å²) in [5, 5.41) is 11.3. The highest BCUT2D eigenvalue weighted by atomic mass is 16.6. The summed E-state index contributed by atoms with van der Waals surface area (Å²) < 4.78 is 16.0. The molecule has 0 saturated carbocycles. The second-order valence-corrected chi connectivity index (χ2v) is 5.44. The summed E-state index contributed by atoms with van der Waals surface area (Å²) >= 11 is 0. The monoisotopic (exact) mass is 276 g/mol. The number of aliphatic hydroxyl groups is 1. The third-order valence-electron chi connectivity index (χ3n) is 3.65. The molecule has 3 rings (SSSR count). The molecular weight excluding hydrogens is 260 g/mol. The molecule has 0 radical (unpaired) electrons. The molecule has 1 aliphatic rings. The fourth-order valence-electron chi connectivity index (χ4n) is 2.48. The van der Waals surface area contributed by atoms with Gasteiger partial charge in [-0.15, -0.1) is 0 Å². The summed E-state index contributed by atoms with van der Waals surface area (Å²) in [6.45, 7) is 3.79. The lowest BCUT2D eigenvalue weighted by atomic mass is 9.97. The molecule has 1 fully saturated rings. The lowest BCUT2D eigenvalue weighted by Crippen LogP contribution is -2.14. The highest BCUT2D eigenvalue weighted by Crippen LogP contribution is 2.47. The standard InChI is InChI=1S/C15H16O5/c1-15(2)14(20-15)12(17)11-9(18-3)6-4-8-5-7-10(16)19-13(8)11/h4-7,12,14,17H,1-3H3. The van der Waals surface area contributed by atoms with Crippen LogP contribution in [-0.4, -0.2) is 23.9 Å². The van der Waals surface area contributed by atoms with Crippen LogP contribution in [0.15, 0.2) is 33.5 Å². The number of fused-ring (bicyclic) bond motifs is 1. The molecule has 0 aliphatic carbocycles. The van der Waals surface area contributed by atoms with Crippen LogP contribution < -0.4 is 10.4 Å². The van der Waals surface area contributed by atoms with Crippen LogP contribution in [0.5, 0.6) is 5.75 Å². The van der Waals surface area contributed by atoms with Gasteiger partial charge >= 0.3 is 5.63 Å². The fourth-order valence-corrected chi connectivity index (χ4v) is 2.48. The van der Waals surface area contributed by atoms with E-state index in [-0.39, 0.29) is 11.7 Å². The molecule has 5 nitrogen and oxygen atoms in total. The first-order chi connectivity index (χ1) is 9.44. The van der Waals surface area contributed by atoms with Crippen LogP contribution >= 0.6 is 0 Å². The normalized spacial score (nSPS) is 21.7. The van der Waals surface area contributed by atoms with Gasteiger partial charge in [0.1, 0.15) is 23.5 Å². The van der Waals surface area contributed by atoms with Gasteiger partial charge in [0.15, 0.2) is 0 Å². The van der Waals surface area contributed by atoms with Crippen molar-refractivity contribution in [3.8, 4) is 5.75 Å². The Balaban J connectivity index is 2.20. The lowest BCUT2D eigenvalue weighted by Gasteiger charge is -2.15. The highest BCUT2D eigenvalue weighted by Gasteiger charge is 2.53. The van der Waals surface area contributed by atoms with E-state index in [1.54, 1.807) is 18.2 Å². The van der Waals surface area contributed by atoms with Crippen LogP contribution in [0.25, 0.3) is 11.0 Å². The number of benzene rings is 1. The van der Waals surface area contributed by atoms with Crippen molar-refractivity contribution in [3.63, 3.8) is 0 Å². The van der Waals surface area contributed by atoms with Crippen LogP contribution in [0.4, 0.5) is 0 Å². The van der Waals surface area contributed by atoms with E-state index in [1.807, 2.05) is 13.8 Å². The molecule has 1 N–H and O–H groups in total. The quantitative estimate of drug-likeness (QED) is 0.686. The van der Waals surface area contributed by atoms with Gasteiger partial charge in [-0.05, 0) is 32.0 Å². The van der Waals surface area contributed by atoms with E-state index in [9.17, 15) is 9.90 Å². The topological polar surface area (TPSA) is 72.2 Å². The molecule has 2 unspecified atom stereocenters. The Kier molecular flexibility index (Phi) is 2.84. The first-order valence-electron chi connectivity index (χ1n) is 6.40. The summed E-state index contributed by atoms with van der Waals surface area (Å²) in [5.41, 5.74) is -0.0501. The molecule has 2 atom stereocenters. The Morgan fingerprint density at radius 2 is 1.95 bits per heavy atom. The first kappa shape index (κ1) is 13.1. The fraction of sp³-hybridized carbons (Fsp3) is 0.400. The summed E-state index contributed by atoms with van der Waals surface area (Å²) in [6.07, 6.45) is -1.25. The van der Waals surface area contributed by atoms with Crippen LogP contribution in [0.2, 0.25) is 0 Å². The highest BCUT2D eigenvalue weighted by molar-refractivity contribution is 5.82. The number of ether oxygens (including phenoxy) is 2. The van der Waals surface area contributed by atoms with E-state index in [0.717, 1.165) is 5.39 Å². The van der Waals surface area contributed by atoms with Crippen molar-refractivity contribution in [3.05, 3.63) is 40.2 Å². The Bertz CT molecular complexity index is 716. The van der Waals surface area contributed by atoms with E-state index in [0.29, 0.717) is 16.9 Å². The molecule has 1 aromatic carbocycles. The summed E-state index contributed by atoms with van der Waals surface area (Å²) in [5.74, 6) is 0.477. The molecule has 20 heavy (non-hydrogen) atoms. The van der Waals surface area contributed by atoms with Gasteiger partial charge in [-0.3, -0.25) is 0 Å². The van der Waals surface area contributed by atoms with Gasteiger partial charge in [0, 0.05) is 11.5 Å². The Hall–Kier alpha value is -1.85. The largest absolute Gasteiger partial charge is 0.496 e. The van der Waals surface area contributed by atoms with E-state index in [4.69, 9.17) is 13.9 Å². The van der Waals surface area contributed by atoms with Crippen molar-refractivity contribution >= 4 is 11.0 Å². The Labute approximate surface area is 115 Å². The number of methoxy groups -OCH3 is 1. The average molecular weight is 276 g/mol. The number of aliphatic hydroxyl groups excluding tert-OH is 1. The number of rotatable bonds is 3. The zero-order valence-electron chi connectivity index (χ0n) is 11.5. The molecule has 0 spiro atoms. The van der Waals surface area contributed by atoms with Crippen molar-refractivity contribution in [1.29, 1.82) is 0 Å². The maximum absolute atomic E-state index is 11.5. The minimum atomic E-state index is -0.908. The Morgan fingerprint density at radius 3 is 2.55 bits per heavy atom. The van der Waals surface area contributed by atoms with Crippen molar-refractivity contribution in [2.45, 2.75) is 31.7 Å². The van der Waals surface area contributed by atoms with Gasteiger partial charge in [-0.2, -0.15) is 0 Å². The second kappa shape index (κ2) is 4.33. The van der Waals surface area contributed by atoms with Gasteiger partial charge in [0.25, 0.3) is 0 Å². The maximum atomic E-state index is 11.5.